The molecule has 1 aliphatic rings. The molecule has 1 aromatic rings. The molecule has 18 heavy (non-hydrogen) atoms. The summed E-state index contributed by atoms with van der Waals surface area (Å²) in [5, 5.41) is 0. The van der Waals surface area contributed by atoms with Crippen molar-refractivity contribution in [3.05, 3.63) is 35.4 Å². The molecule has 0 aromatic heterocycles. The van der Waals surface area contributed by atoms with Crippen LogP contribution in [0.2, 0.25) is 0 Å². The molecule has 1 unspecified atom stereocenters. The zero-order chi connectivity index (χ0) is 13.0. The second kappa shape index (κ2) is 6.01. The number of carbonyl (C=O) groups excluding carboxylic acids is 1. The summed E-state index contributed by atoms with van der Waals surface area (Å²) >= 11 is 0. The van der Waals surface area contributed by atoms with E-state index >= 15 is 0 Å². The molecule has 3 nitrogen and oxygen atoms in total. The summed E-state index contributed by atoms with van der Waals surface area (Å²) in [5.41, 5.74) is 2.75. The Balaban J connectivity index is 2.10. The van der Waals surface area contributed by atoms with Crippen molar-refractivity contribution in [1.82, 2.24) is 4.90 Å². The fourth-order valence-corrected chi connectivity index (χ4v) is 2.47. The van der Waals surface area contributed by atoms with Crippen LogP contribution in [0.4, 0.5) is 0 Å². The van der Waals surface area contributed by atoms with Crippen molar-refractivity contribution in [1.29, 1.82) is 0 Å². The van der Waals surface area contributed by atoms with Crippen LogP contribution in [0.1, 0.15) is 31.4 Å². The number of fused-ring (bicyclic) bond motifs is 1. The first-order chi connectivity index (χ1) is 8.72. The maximum absolute atomic E-state index is 11.8. The molecule has 0 fully saturated rings. The average molecular weight is 247 g/mol. The van der Waals surface area contributed by atoms with Gasteiger partial charge < -0.3 is 4.74 Å². The van der Waals surface area contributed by atoms with E-state index in [1.165, 1.54) is 11.1 Å². The van der Waals surface area contributed by atoms with Crippen LogP contribution in [0.5, 0.6) is 0 Å². The minimum absolute atomic E-state index is 0.114. The summed E-state index contributed by atoms with van der Waals surface area (Å²) in [7, 11) is 0. The van der Waals surface area contributed by atoms with Crippen LogP contribution >= 0.6 is 0 Å². The van der Waals surface area contributed by atoms with Gasteiger partial charge >= 0.3 is 5.97 Å². The minimum Gasteiger partial charge on any atom is -0.465 e. The molecular weight excluding hydrogens is 226 g/mol. The van der Waals surface area contributed by atoms with E-state index in [0.29, 0.717) is 6.61 Å². The quantitative estimate of drug-likeness (QED) is 0.768. The zero-order valence-corrected chi connectivity index (χ0v) is 11.2. The van der Waals surface area contributed by atoms with E-state index < -0.39 is 0 Å². The second-order valence-corrected chi connectivity index (χ2v) is 4.77. The topological polar surface area (TPSA) is 29.5 Å². The normalized spacial score (nSPS) is 17.7. The molecule has 2 rings (SSSR count). The van der Waals surface area contributed by atoms with E-state index in [-0.39, 0.29) is 12.0 Å². The van der Waals surface area contributed by atoms with Gasteiger partial charge in [0.2, 0.25) is 0 Å². The van der Waals surface area contributed by atoms with Gasteiger partial charge in [0, 0.05) is 6.54 Å². The Morgan fingerprint density at radius 2 is 2.11 bits per heavy atom. The lowest BCUT2D eigenvalue weighted by atomic mass is 10.0. The maximum Gasteiger partial charge on any atom is 0.323 e. The highest BCUT2D eigenvalue weighted by atomic mass is 16.5. The fraction of sp³-hybridized carbons (Fsp3) is 0.533. The molecule has 0 bridgehead atoms. The van der Waals surface area contributed by atoms with Gasteiger partial charge in [-0.3, -0.25) is 9.69 Å². The van der Waals surface area contributed by atoms with Gasteiger partial charge in [0.25, 0.3) is 0 Å². The van der Waals surface area contributed by atoms with Crippen LogP contribution < -0.4 is 0 Å². The summed E-state index contributed by atoms with van der Waals surface area (Å²) in [6.07, 6.45) is 2.20. The van der Waals surface area contributed by atoms with E-state index in [2.05, 4.69) is 29.2 Å². The third-order valence-corrected chi connectivity index (χ3v) is 3.56. The van der Waals surface area contributed by atoms with E-state index in [1.807, 2.05) is 13.8 Å². The Morgan fingerprint density at radius 1 is 1.39 bits per heavy atom. The van der Waals surface area contributed by atoms with Gasteiger partial charge in [0.15, 0.2) is 0 Å². The maximum atomic E-state index is 11.8. The van der Waals surface area contributed by atoms with Gasteiger partial charge in [0.1, 0.15) is 6.04 Å². The van der Waals surface area contributed by atoms with Gasteiger partial charge in [-0.2, -0.15) is 0 Å². The van der Waals surface area contributed by atoms with Gasteiger partial charge in [-0.15, -0.1) is 0 Å². The van der Waals surface area contributed by atoms with Gasteiger partial charge in [-0.25, -0.2) is 0 Å². The van der Waals surface area contributed by atoms with Crippen LogP contribution in [-0.2, 0) is 22.5 Å². The Hall–Kier alpha value is -1.35. The fourth-order valence-electron chi connectivity index (χ4n) is 2.47. The Bertz CT molecular complexity index is 417. The Morgan fingerprint density at radius 3 is 2.83 bits per heavy atom. The van der Waals surface area contributed by atoms with Crippen molar-refractivity contribution >= 4 is 5.97 Å². The smallest absolute Gasteiger partial charge is 0.323 e. The molecule has 1 atom stereocenters. The SMILES string of the molecule is CCOC(=O)C(C)N1CCCc2ccccc2C1. The zero-order valence-electron chi connectivity index (χ0n) is 11.2. The molecule has 98 valence electrons. The number of hydrogen-bond donors (Lipinski definition) is 0. The first-order valence-electron chi connectivity index (χ1n) is 6.70. The van der Waals surface area contributed by atoms with Crippen LogP contribution in [-0.4, -0.2) is 30.1 Å². The van der Waals surface area contributed by atoms with Crippen LogP contribution in [0, 0.1) is 0 Å². The number of esters is 1. The third kappa shape index (κ3) is 2.91. The summed E-state index contributed by atoms with van der Waals surface area (Å²) in [5.74, 6) is -0.114. The monoisotopic (exact) mass is 247 g/mol. The van der Waals surface area contributed by atoms with E-state index in [4.69, 9.17) is 4.74 Å². The number of ether oxygens (including phenoxy) is 1. The number of aryl methyl sites for hydroxylation is 1. The molecule has 0 N–H and O–H groups in total. The average Bonchev–Trinajstić information content (AvgIpc) is 2.60. The molecular formula is C15H21NO2. The highest BCUT2D eigenvalue weighted by molar-refractivity contribution is 5.75. The number of nitrogens with zero attached hydrogens (tertiary/aromatic N) is 1. The molecule has 0 spiro atoms. The lowest BCUT2D eigenvalue weighted by Gasteiger charge is -2.26. The molecule has 1 aromatic carbocycles. The Kier molecular flexibility index (Phi) is 4.37. The number of benzene rings is 1. The predicted octanol–water partition coefficient (Wildman–Crippen LogP) is 2.39. The highest BCUT2D eigenvalue weighted by Crippen LogP contribution is 2.20. The predicted molar refractivity (Wildman–Crippen MR) is 71.3 cm³/mol. The van der Waals surface area contributed by atoms with Crippen molar-refractivity contribution in [2.75, 3.05) is 13.2 Å². The highest BCUT2D eigenvalue weighted by Gasteiger charge is 2.24. The summed E-state index contributed by atoms with van der Waals surface area (Å²) in [6, 6.07) is 8.34. The number of carbonyl (C=O) groups is 1. The number of rotatable bonds is 3. The first-order valence-corrected chi connectivity index (χ1v) is 6.70. The molecule has 0 saturated heterocycles. The minimum atomic E-state index is -0.156. The van der Waals surface area contributed by atoms with Crippen molar-refractivity contribution in [2.24, 2.45) is 0 Å². The lowest BCUT2D eigenvalue weighted by molar-refractivity contribution is -0.149. The van der Waals surface area contributed by atoms with Gasteiger partial charge in [-0.1, -0.05) is 24.3 Å². The van der Waals surface area contributed by atoms with E-state index in [0.717, 1.165) is 25.9 Å². The molecule has 0 amide bonds. The first kappa shape index (κ1) is 13.1. The van der Waals surface area contributed by atoms with E-state index in [1.54, 1.807) is 0 Å². The van der Waals surface area contributed by atoms with Crippen LogP contribution in [0.25, 0.3) is 0 Å². The molecule has 1 heterocycles. The molecule has 1 aliphatic heterocycles. The molecule has 0 saturated carbocycles. The van der Waals surface area contributed by atoms with Crippen molar-refractivity contribution in [3.63, 3.8) is 0 Å². The largest absolute Gasteiger partial charge is 0.465 e. The van der Waals surface area contributed by atoms with Crippen molar-refractivity contribution in [2.45, 2.75) is 39.3 Å². The van der Waals surface area contributed by atoms with Gasteiger partial charge in [-0.05, 0) is 44.4 Å². The van der Waals surface area contributed by atoms with E-state index in [9.17, 15) is 4.79 Å². The number of hydrogen-bond acceptors (Lipinski definition) is 3. The van der Waals surface area contributed by atoms with Crippen LogP contribution in [0.3, 0.4) is 0 Å². The molecule has 0 aliphatic carbocycles. The van der Waals surface area contributed by atoms with Gasteiger partial charge in [0.05, 0.1) is 6.61 Å². The summed E-state index contributed by atoms with van der Waals surface area (Å²) in [6.45, 7) is 6.03. The standard InChI is InChI=1S/C15H21NO2/c1-3-18-15(17)12(2)16-10-6-9-13-7-4-5-8-14(13)11-16/h4-5,7-8,12H,3,6,9-11H2,1-2H3. The molecule has 0 radical (unpaired) electrons. The van der Waals surface area contributed by atoms with Crippen molar-refractivity contribution in [3.8, 4) is 0 Å². The Labute approximate surface area is 109 Å². The summed E-state index contributed by atoms with van der Waals surface area (Å²) in [4.78, 5) is 14.0. The molecule has 3 heteroatoms. The summed E-state index contributed by atoms with van der Waals surface area (Å²) < 4.78 is 5.11. The third-order valence-electron chi connectivity index (χ3n) is 3.56. The lowest BCUT2D eigenvalue weighted by Crippen LogP contribution is -2.39. The van der Waals surface area contributed by atoms with Crippen molar-refractivity contribution < 1.29 is 9.53 Å². The van der Waals surface area contributed by atoms with Crippen LogP contribution in [0.15, 0.2) is 24.3 Å². The second-order valence-electron chi connectivity index (χ2n) is 4.77.